The summed E-state index contributed by atoms with van der Waals surface area (Å²) in [6.45, 7) is 0.535. The number of hydrogen-bond donors (Lipinski definition) is 2. The van der Waals surface area contributed by atoms with Gasteiger partial charge < -0.3 is 5.73 Å². The van der Waals surface area contributed by atoms with Gasteiger partial charge in [-0.25, -0.2) is 13.1 Å². The summed E-state index contributed by atoms with van der Waals surface area (Å²) in [6.07, 6.45) is 2.24. The Bertz CT molecular complexity index is 721. The first-order valence-electron chi connectivity index (χ1n) is 6.34. The standard InChI is InChI=1S/C14H16N2O2S/c15-12-6-7-13-11(8-12)2-1-3-14(13)19(17,18)16-9-10-4-5-10/h1-3,6-8,10,16H,4-5,9,15H2. The van der Waals surface area contributed by atoms with E-state index in [2.05, 4.69) is 4.72 Å². The maximum absolute atomic E-state index is 12.3. The minimum Gasteiger partial charge on any atom is -0.399 e. The first-order valence-corrected chi connectivity index (χ1v) is 7.82. The number of benzene rings is 2. The molecule has 0 radical (unpaired) electrons. The highest BCUT2D eigenvalue weighted by atomic mass is 32.2. The monoisotopic (exact) mass is 276 g/mol. The lowest BCUT2D eigenvalue weighted by Gasteiger charge is -2.09. The van der Waals surface area contributed by atoms with Crippen molar-refractivity contribution in [3.05, 3.63) is 36.4 Å². The molecule has 0 aromatic heterocycles. The average Bonchev–Trinajstić information content (AvgIpc) is 3.19. The second kappa shape index (κ2) is 4.51. The van der Waals surface area contributed by atoms with E-state index in [1.165, 1.54) is 0 Å². The second-order valence-electron chi connectivity index (χ2n) is 5.03. The zero-order valence-electron chi connectivity index (χ0n) is 10.5. The van der Waals surface area contributed by atoms with Crippen LogP contribution >= 0.6 is 0 Å². The molecule has 0 aliphatic heterocycles. The maximum atomic E-state index is 12.3. The van der Waals surface area contributed by atoms with E-state index in [1.807, 2.05) is 6.07 Å². The predicted molar refractivity (Wildman–Crippen MR) is 76.3 cm³/mol. The predicted octanol–water partition coefficient (Wildman–Crippen LogP) is 2.11. The van der Waals surface area contributed by atoms with Crippen molar-refractivity contribution in [2.45, 2.75) is 17.7 Å². The van der Waals surface area contributed by atoms with Crippen molar-refractivity contribution in [1.82, 2.24) is 4.72 Å². The van der Waals surface area contributed by atoms with Gasteiger partial charge in [0.05, 0.1) is 4.90 Å². The van der Waals surface area contributed by atoms with E-state index >= 15 is 0 Å². The fourth-order valence-electron chi connectivity index (χ4n) is 2.13. The van der Waals surface area contributed by atoms with Gasteiger partial charge in [0.2, 0.25) is 10.0 Å². The summed E-state index contributed by atoms with van der Waals surface area (Å²) >= 11 is 0. The maximum Gasteiger partial charge on any atom is 0.241 e. The van der Waals surface area contributed by atoms with Crippen molar-refractivity contribution < 1.29 is 8.42 Å². The van der Waals surface area contributed by atoms with E-state index < -0.39 is 10.0 Å². The highest BCUT2D eigenvalue weighted by molar-refractivity contribution is 7.89. The molecular formula is C14H16N2O2S. The highest BCUT2D eigenvalue weighted by Gasteiger charge is 2.25. The lowest BCUT2D eigenvalue weighted by atomic mass is 10.1. The van der Waals surface area contributed by atoms with Gasteiger partial charge >= 0.3 is 0 Å². The molecule has 1 aliphatic carbocycles. The van der Waals surface area contributed by atoms with Crippen molar-refractivity contribution in [1.29, 1.82) is 0 Å². The number of nitrogens with two attached hydrogens (primary N) is 1. The van der Waals surface area contributed by atoms with Crippen LogP contribution in [0.5, 0.6) is 0 Å². The number of sulfonamides is 1. The summed E-state index contributed by atoms with van der Waals surface area (Å²) in [5.41, 5.74) is 6.36. The molecule has 3 N–H and O–H groups in total. The summed E-state index contributed by atoms with van der Waals surface area (Å²) in [4.78, 5) is 0.325. The largest absolute Gasteiger partial charge is 0.399 e. The lowest BCUT2D eigenvalue weighted by Crippen LogP contribution is -2.26. The van der Waals surface area contributed by atoms with Crippen LogP contribution in [0.2, 0.25) is 0 Å². The minimum atomic E-state index is -3.45. The van der Waals surface area contributed by atoms with Crippen LogP contribution in [0.3, 0.4) is 0 Å². The van der Waals surface area contributed by atoms with Crippen LogP contribution in [0.4, 0.5) is 5.69 Å². The zero-order chi connectivity index (χ0) is 13.5. The van der Waals surface area contributed by atoms with E-state index in [0.29, 0.717) is 28.4 Å². The quantitative estimate of drug-likeness (QED) is 0.840. The van der Waals surface area contributed by atoms with Crippen molar-refractivity contribution >= 4 is 26.5 Å². The first-order chi connectivity index (χ1) is 9.06. The van der Waals surface area contributed by atoms with Crippen molar-refractivity contribution in [2.24, 2.45) is 5.92 Å². The van der Waals surface area contributed by atoms with E-state index in [4.69, 9.17) is 5.73 Å². The molecule has 0 heterocycles. The molecule has 5 heteroatoms. The van der Waals surface area contributed by atoms with Gasteiger partial charge in [-0.1, -0.05) is 18.2 Å². The van der Waals surface area contributed by atoms with Crippen LogP contribution in [0.15, 0.2) is 41.3 Å². The summed E-state index contributed by atoms with van der Waals surface area (Å²) < 4.78 is 27.3. The Labute approximate surface area is 112 Å². The van der Waals surface area contributed by atoms with E-state index in [9.17, 15) is 8.42 Å². The van der Waals surface area contributed by atoms with Crippen molar-refractivity contribution in [3.63, 3.8) is 0 Å². The molecule has 2 aromatic rings. The molecule has 0 atom stereocenters. The van der Waals surface area contributed by atoms with Gasteiger partial charge in [-0.2, -0.15) is 0 Å². The van der Waals surface area contributed by atoms with E-state index in [1.54, 1.807) is 30.3 Å². The molecule has 4 nitrogen and oxygen atoms in total. The normalized spacial score (nSPS) is 15.8. The summed E-state index contributed by atoms with van der Waals surface area (Å²) in [7, 11) is -3.45. The summed E-state index contributed by atoms with van der Waals surface area (Å²) in [5, 5.41) is 1.55. The van der Waals surface area contributed by atoms with Gasteiger partial charge in [-0.05, 0) is 42.3 Å². The average molecular weight is 276 g/mol. The number of fused-ring (bicyclic) bond motifs is 1. The molecule has 3 rings (SSSR count). The van der Waals surface area contributed by atoms with E-state index in [0.717, 1.165) is 18.2 Å². The molecule has 0 saturated heterocycles. The molecule has 1 saturated carbocycles. The number of anilines is 1. The van der Waals surface area contributed by atoms with Crippen LogP contribution in [-0.4, -0.2) is 15.0 Å². The van der Waals surface area contributed by atoms with Gasteiger partial charge in [0.25, 0.3) is 0 Å². The smallest absolute Gasteiger partial charge is 0.241 e. The molecule has 0 spiro atoms. The number of hydrogen-bond acceptors (Lipinski definition) is 3. The minimum absolute atomic E-state index is 0.325. The Balaban J connectivity index is 2.03. The van der Waals surface area contributed by atoms with E-state index in [-0.39, 0.29) is 0 Å². The summed E-state index contributed by atoms with van der Waals surface area (Å²) in [5.74, 6) is 0.514. The molecule has 100 valence electrons. The molecule has 0 unspecified atom stereocenters. The third-order valence-electron chi connectivity index (χ3n) is 3.41. The Hall–Kier alpha value is -1.59. The summed E-state index contributed by atoms with van der Waals surface area (Å²) in [6, 6.07) is 10.5. The van der Waals surface area contributed by atoms with Crippen molar-refractivity contribution in [3.8, 4) is 0 Å². The third kappa shape index (κ3) is 2.57. The molecule has 2 aromatic carbocycles. The van der Waals surface area contributed by atoms with Gasteiger partial charge in [0.15, 0.2) is 0 Å². The molecular weight excluding hydrogens is 260 g/mol. The van der Waals surface area contributed by atoms with Crippen LogP contribution in [0, 0.1) is 5.92 Å². The molecule has 1 fully saturated rings. The third-order valence-corrected chi connectivity index (χ3v) is 4.89. The SMILES string of the molecule is Nc1ccc2c(S(=O)(=O)NCC3CC3)cccc2c1. The van der Waals surface area contributed by atoms with Gasteiger partial charge in [0, 0.05) is 17.6 Å². The Morgan fingerprint density at radius 2 is 2.00 bits per heavy atom. The van der Waals surface area contributed by atoms with Crippen LogP contribution < -0.4 is 10.5 Å². The molecule has 19 heavy (non-hydrogen) atoms. The Kier molecular flexibility index (Phi) is 2.95. The second-order valence-corrected chi connectivity index (χ2v) is 6.77. The highest BCUT2D eigenvalue weighted by Crippen LogP contribution is 2.29. The first kappa shape index (κ1) is 12.4. The number of nitrogen functional groups attached to an aromatic ring is 1. The Morgan fingerprint density at radius 3 is 2.74 bits per heavy atom. The van der Waals surface area contributed by atoms with Crippen LogP contribution in [-0.2, 0) is 10.0 Å². The van der Waals surface area contributed by atoms with Gasteiger partial charge in [-0.3, -0.25) is 0 Å². The molecule has 1 aliphatic rings. The number of nitrogens with one attached hydrogen (secondary N) is 1. The Morgan fingerprint density at radius 1 is 1.21 bits per heavy atom. The van der Waals surface area contributed by atoms with Crippen LogP contribution in [0.1, 0.15) is 12.8 Å². The lowest BCUT2D eigenvalue weighted by molar-refractivity contribution is 0.578. The van der Waals surface area contributed by atoms with Crippen LogP contribution in [0.25, 0.3) is 10.8 Å². The fourth-order valence-corrected chi connectivity index (χ4v) is 3.48. The molecule has 0 amide bonds. The van der Waals surface area contributed by atoms with Gasteiger partial charge in [0.1, 0.15) is 0 Å². The molecule has 0 bridgehead atoms. The fraction of sp³-hybridized carbons (Fsp3) is 0.286. The zero-order valence-corrected chi connectivity index (χ0v) is 11.3. The van der Waals surface area contributed by atoms with Crippen molar-refractivity contribution in [2.75, 3.05) is 12.3 Å². The number of rotatable bonds is 4. The topological polar surface area (TPSA) is 72.2 Å². The van der Waals surface area contributed by atoms with Gasteiger partial charge in [-0.15, -0.1) is 0 Å².